The van der Waals surface area contributed by atoms with Gasteiger partial charge in [-0.3, -0.25) is 9.89 Å². The molecule has 0 aliphatic heterocycles. The number of aliphatic hydroxyl groups is 1. The Bertz CT molecular complexity index is 1270. The summed E-state index contributed by atoms with van der Waals surface area (Å²) in [4.78, 5) is 21.3. The third-order valence-electron chi connectivity index (χ3n) is 5.19. The molecule has 0 aliphatic rings. The predicted octanol–water partition coefficient (Wildman–Crippen LogP) is 4.00. The van der Waals surface area contributed by atoms with Crippen LogP contribution in [0.4, 0.5) is 8.78 Å². The minimum Gasteiger partial charge on any atom is -0.393 e. The number of amides is 1. The summed E-state index contributed by atoms with van der Waals surface area (Å²) < 4.78 is 27.7. The van der Waals surface area contributed by atoms with Crippen LogP contribution >= 0.6 is 11.6 Å². The third-order valence-corrected chi connectivity index (χ3v) is 5.51. The van der Waals surface area contributed by atoms with Crippen LogP contribution in [0.25, 0.3) is 22.5 Å². The Kier molecular flexibility index (Phi) is 7.24. The van der Waals surface area contributed by atoms with E-state index in [2.05, 4.69) is 25.5 Å². The highest BCUT2D eigenvalue weighted by molar-refractivity contribution is 6.34. The number of H-pyrrole nitrogens is 1. The second-order valence-corrected chi connectivity index (χ2v) is 7.89. The molecule has 10 heteroatoms. The molecule has 0 unspecified atom stereocenters. The number of carbonyl (C=O) groups is 1. The van der Waals surface area contributed by atoms with Crippen molar-refractivity contribution < 1.29 is 18.7 Å². The van der Waals surface area contributed by atoms with Gasteiger partial charge in [-0.2, -0.15) is 5.10 Å². The molecule has 0 spiro atoms. The molecule has 0 saturated carbocycles. The molecule has 2 aromatic carbocycles. The molecule has 0 saturated heterocycles. The van der Waals surface area contributed by atoms with Crippen LogP contribution in [-0.2, 0) is 6.42 Å². The van der Waals surface area contributed by atoms with E-state index in [1.807, 2.05) is 0 Å². The number of nitrogens with zero attached hydrogens (tertiary/aromatic N) is 3. The van der Waals surface area contributed by atoms with Gasteiger partial charge in [0.25, 0.3) is 5.91 Å². The van der Waals surface area contributed by atoms with E-state index in [0.717, 1.165) is 0 Å². The Morgan fingerprint density at radius 1 is 1.12 bits per heavy atom. The van der Waals surface area contributed by atoms with Crippen LogP contribution < -0.4 is 5.32 Å². The molecule has 0 fully saturated rings. The third kappa shape index (κ3) is 5.27. The van der Waals surface area contributed by atoms with Gasteiger partial charge in [-0.25, -0.2) is 18.7 Å². The molecule has 174 valence electrons. The van der Waals surface area contributed by atoms with Crippen molar-refractivity contribution in [1.82, 2.24) is 25.5 Å². The maximum atomic E-state index is 14.5. The highest BCUT2D eigenvalue weighted by Crippen LogP contribution is 2.32. The van der Waals surface area contributed by atoms with Crippen LogP contribution in [0.15, 0.2) is 67.0 Å². The maximum Gasteiger partial charge on any atom is 0.252 e. The quantitative estimate of drug-likeness (QED) is 0.351. The van der Waals surface area contributed by atoms with Crippen molar-refractivity contribution in [1.29, 1.82) is 0 Å². The molecule has 4 rings (SSSR count). The van der Waals surface area contributed by atoms with Gasteiger partial charge in [0.05, 0.1) is 34.6 Å². The van der Waals surface area contributed by atoms with Crippen molar-refractivity contribution >= 4 is 17.5 Å². The summed E-state index contributed by atoms with van der Waals surface area (Å²) in [6.07, 6.45) is 1.29. The summed E-state index contributed by atoms with van der Waals surface area (Å²) in [6.45, 7) is -0.776. The summed E-state index contributed by atoms with van der Waals surface area (Å²) in [5.74, 6) is -0.630. The highest BCUT2D eigenvalue weighted by atomic mass is 35.5. The van der Waals surface area contributed by atoms with Crippen LogP contribution in [0.1, 0.15) is 16.2 Å². The van der Waals surface area contributed by atoms with Gasteiger partial charge in [0.15, 0.2) is 0 Å². The lowest BCUT2D eigenvalue weighted by Gasteiger charge is -2.21. The van der Waals surface area contributed by atoms with Crippen LogP contribution in [0.3, 0.4) is 0 Å². The molecule has 34 heavy (non-hydrogen) atoms. The van der Waals surface area contributed by atoms with Gasteiger partial charge in [-0.05, 0) is 48.5 Å². The second-order valence-electron chi connectivity index (χ2n) is 7.48. The van der Waals surface area contributed by atoms with E-state index in [0.29, 0.717) is 28.3 Å². The number of rotatable bonds is 8. The summed E-state index contributed by atoms with van der Waals surface area (Å²) in [6, 6.07) is 12.8. The molecule has 2 aromatic heterocycles. The summed E-state index contributed by atoms with van der Waals surface area (Å²) >= 11 is 6.43. The minimum absolute atomic E-state index is 0.0109. The fourth-order valence-electron chi connectivity index (χ4n) is 3.48. The van der Waals surface area contributed by atoms with Crippen molar-refractivity contribution in [2.24, 2.45) is 0 Å². The van der Waals surface area contributed by atoms with Gasteiger partial charge in [0.2, 0.25) is 0 Å². The first kappa shape index (κ1) is 23.5. The number of halogens is 3. The van der Waals surface area contributed by atoms with Gasteiger partial charge >= 0.3 is 0 Å². The van der Waals surface area contributed by atoms with Gasteiger partial charge in [0.1, 0.15) is 17.8 Å². The molecule has 0 bridgehead atoms. The number of benzene rings is 2. The minimum atomic E-state index is -1.73. The van der Waals surface area contributed by atoms with Gasteiger partial charge in [-0.1, -0.05) is 17.7 Å². The number of aliphatic hydroxyl groups excluding tert-OH is 1. The molecule has 7 nitrogen and oxygen atoms in total. The summed E-state index contributed by atoms with van der Waals surface area (Å²) in [5, 5.41) is 19.4. The smallest absolute Gasteiger partial charge is 0.252 e. The Labute approximate surface area is 198 Å². The van der Waals surface area contributed by atoms with Crippen molar-refractivity contribution in [3.05, 3.63) is 89.2 Å². The first-order chi connectivity index (χ1) is 16.5. The normalized spacial score (nSPS) is 12.8. The first-order valence-corrected chi connectivity index (χ1v) is 10.8. The van der Waals surface area contributed by atoms with E-state index in [1.165, 1.54) is 24.5 Å². The van der Waals surface area contributed by atoms with Crippen LogP contribution in [0, 0.1) is 5.82 Å². The molecular formula is C24H20ClF2N5O2. The van der Waals surface area contributed by atoms with E-state index in [9.17, 15) is 18.7 Å². The lowest BCUT2D eigenvalue weighted by Crippen LogP contribution is -2.45. The van der Waals surface area contributed by atoms with E-state index in [1.54, 1.807) is 42.5 Å². The lowest BCUT2D eigenvalue weighted by molar-refractivity contribution is 0.0868. The van der Waals surface area contributed by atoms with Crippen molar-refractivity contribution in [3.8, 4) is 22.5 Å². The molecule has 0 aliphatic carbocycles. The largest absolute Gasteiger partial charge is 0.393 e. The molecular weight excluding hydrogens is 464 g/mol. The maximum absolute atomic E-state index is 14.5. The standard InChI is InChI=1S/C24H20ClF2N5O2/c25-17-4-1-3-16(23(17)21-11-19(31-32-21)14-5-7-15(26)8-6-14)24(34)30-20(18(27)13-33)12-22-28-9-2-10-29-22/h1-11,18,20,33H,12-13H2,(H,30,34)(H,31,32)/t18-,20-/m1/s1. The van der Waals surface area contributed by atoms with E-state index in [-0.39, 0.29) is 22.8 Å². The SMILES string of the molecule is O=C(N[C@H](Cc1ncccn1)[C@H](F)CO)c1cccc(Cl)c1-c1cc(-c2ccc(F)cc2)n[nH]1. The van der Waals surface area contributed by atoms with Crippen molar-refractivity contribution in [2.45, 2.75) is 18.6 Å². The number of alkyl halides is 1. The number of aromatic nitrogens is 4. The van der Waals surface area contributed by atoms with E-state index >= 15 is 0 Å². The van der Waals surface area contributed by atoms with Gasteiger partial charge in [0, 0.05) is 29.9 Å². The van der Waals surface area contributed by atoms with Crippen LogP contribution in [-0.4, -0.2) is 50.0 Å². The lowest BCUT2D eigenvalue weighted by atomic mass is 10.0. The predicted molar refractivity (Wildman–Crippen MR) is 123 cm³/mol. The average molecular weight is 484 g/mol. The zero-order valence-electron chi connectivity index (χ0n) is 17.8. The number of hydrogen-bond acceptors (Lipinski definition) is 5. The fraction of sp³-hybridized carbons (Fsp3) is 0.167. The van der Waals surface area contributed by atoms with Crippen LogP contribution in [0.2, 0.25) is 5.02 Å². The number of aromatic amines is 1. The van der Waals surface area contributed by atoms with Crippen molar-refractivity contribution in [3.63, 3.8) is 0 Å². The van der Waals surface area contributed by atoms with E-state index < -0.39 is 24.7 Å². The summed E-state index contributed by atoms with van der Waals surface area (Å²) in [7, 11) is 0. The zero-order valence-corrected chi connectivity index (χ0v) is 18.5. The van der Waals surface area contributed by atoms with Gasteiger partial charge < -0.3 is 10.4 Å². The van der Waals surface area contributed by atoms with Crippen LogP contribution in [0.5, 0.6) is 0 Å². The molecule has 0 radical (unpaired) electrons. The Morgan fingerprint density at radius 3 is 2.56 bits per heavy atom. The van der Waals surface area contributed by atoms with Crippen molar-refractivity contribution in [2.75, 3.05) is 6.61 Å². The number of nitrogens with one attached hydrogen (secondary N) is 2. The Balaban J connectivity index is 1.63. The number of carbonyl (C=O) groups excluding carboxylic acids is 1. The summed E-state index contributed by atoms with van der Waals surface area (Å²) in [5.41, 5.74) is 2.22. The first-order valence-electron chi connectivity index (χ1n) is 10.4. The Hall–Kier alpha value is -3.69. The topological polar surface area (TPSA) is 104 Å². The van der Waals surface area contributed by atoms with Gasteiger partial charge in [-0.15, -0.1) is 0 Å². The monoisotopic (exact) mass is 483 g/mol. The molecule has 1 amide bonds. The average Bonchev–Trinajstić information content (AvgIpc) is 3.33. The second kappa shape index (κ2) is 10.5. The fourth-order valence-corrected chi connectivity index (χ4v) is 3.76. The molecule has 2 atom stereocenters. The highest BCUT2D eigenvalue weighted by Gasteiger charge is 2.26. The molecule has 3 N–H and O–H groups in total. The zero-order chi connectivity index (χ0) is 24.1. The molecule has 2 heterocycles. The van der Waals surface area contributed by atoms with E-state index in [4.69, 9.17) is 11.6 Å². The molecule has 4 aromatic rings. The number of hydrogen-bond donors (Lipinski definition) is 3. The Morgan fingerprint density at radius 2 is 1.85 bits per heavy atom.